The molecule has 3 rings (SSSR count). The Labute approximate surface area is 155 Å². The second-order valence-corrected chi connectivity index (χ2v) is 7.98. The lowest BCUT2D eigenvalue weighted by Crippen LogP contribution is -2.41. The minimum absolute atomic E-state index is 0.0425. The molecule has 0 bridgehead atoms. The van der Waals surface area contributed by atoms with Crippen LogP contribution in [-0.4, -0.2) is 50.7 Å². The fourth-order valence-electron chi connectivity index (χ4n) is 3.79. The highest BCUT2D eigenvalue weighted by Gasteiger charge is 2.49. The second-order valence-electron chi connectivity index (χ2n) is 7.98. The van der Waals surface area contributed by atoms with Gasteiger partial charge in [-0.05, 0) is 45.9 Å². The summed E-state index contributed by atoms with van der Waals surface area (Å²) >= 11 is 0. The van der Waals surface area contributed by atoms with E-state index >= 15 is 0 Å². The molecule has 2 atom stereocenters. The number of methoxy groups -OCH3 is 2. The lowest BCUT2D eigenvalue weighted by Gasteiger charge is -2.32. The van der Waals surface area contributed by atoms with Crippen LogP contribution in [0.3, 0.4) is 0 Å². The fraction of sp³-hybridized carbons (Fsp3) is 0.700. The first-order valence-electron chi connectivity index (χ1n) is 9.03. The van der Waals surface area contributed by atoms with Gasteiger partial charge < -0.3 is 28.4 Å². The van der Waals surface area contributed by atoms with E-state index in [4.69, 9.17) is 28.4 Å². The standard InChI is InChI=1S/C20H30O6/c1-18(2)23-12-16(25-18)11-20(13-24-19(3,4)26-20)10-14-9-15(21-5)7-8-17(14)22-6/h7-9,16H,10-13H2,1-6H3. The van der Waals surface area contributed by atoms with Crippen LogP contribution in [0.15, 0.2) is 18.2 Å². The minimum Gasteiger partial charge on any atom is -0.497 e. The first-order valence-corrected chi connectivity index (χ1v) is 9.03. The number of benzene rings is 1. The quantitative estimate of drug-likeness (QED) is 0.770. The van der Waals surface area contributed by atoms with E-state index in [1.165, 1.54) is 0 Å². The largest absolute Gasteiger partial charge is 0.497 e. The molecule has 2 heterocycles. The molecule has 2 aliphatic heterocycles. The number of rotatable bonds is 6. The van der Waals surface area contributed by atoms with Crippen molar-refractivity contribution in [2.24, 2.45) is 0 Å². The molecule has 6 heteroatoms. The summed E-state index contributed by atoms with van der Waals surface area (Å²) in [5.74, 6) is 0.397. The van der Waals surface area contributed by atoms with Gasteiger partial charge in [-0.15, -0.1) is 0 Å². The van der Waals surface area contributed by atoms with Crippen molar-refractivity contribution < 1.29 is 28.4 Å². The molecule has 1 aromatic carbocycles. The summed E-state index contributed by atoms with van der Waals surface area (Å²) in [6, 6.07) is 5.80. The van der Waals surface area contributed by atoms with Crippen LogP contribution in [0.2, 0.25) is 0 Å². The van der Waals surface area contributed by atoms with Crippen molar-refractivity contribution in [1.82, 2.24) is 0 Å². The second kappa shape index (κ2) is 7.00. The maximum absolute atomic E-state index is 6.39. The molecule has 0 saturated carbocycles. The molecule has 0 aromatic heterocycles. The molecule has 2 saturated heterocycles. The Morgan fingerprint density at radius 1 is 1.04 bits per heavy atom. The van der Waals surface area contributed by atoms with Crippen LogP contribution in [0.25, 0.3) is 0 Å². The van der Waals surface area contributed by atoms with E-state index in [9.17, 15) is 0 Å². The summed E-state index contributed by atoms with van der Waals surface area (Å²) in [5.41, 5.74) is 0.503. The highest BCUT2D eigenvalue weighted by molar-refractivity contribution is 5.41. The molecule has 2 aliphatic rings. The Balaban J connectivity index is 1.86. The Morgan fingerprint density at radius 2 is 1.81 bits per heavy atom. The maximum atomic E-state index is 6.39. The predicted octanol–water partition coefficient (Wildman–Crippen LogP) is 3.31. The summed E-state index contributed by atoms with van der Waals surface area (Å²) in [4.78, 5) is 0. The average molecular weight is 366 g/mol. The topological polar surface area (TPSA) is 55.4 Å². The van der Waals surface area contributed by atoms with Crippen molar-refractivity contribution in [3.05, 3.63) is 23.8 Å². The van der Waals surface area contributed by atoms with E-state index in [2.05, 4.69) is 0 Å². The molecule has 1 aromatic rings. The molecule has 2 unspecified atom stereocenters. The SMILES string of the molecule is COc1ccc(OC)c(CC2(CC3COC(C)(C)O3)COC(C)(C)O2)c1. The zero-order valence-corrected chi connectivity index (χ0v) is 16.6. The fourth-order valence-corrected chi connectivity index (χ4v) is 3.79. The zero-order chi connectivity index (χ0) is 19.0. The molecule has 0 aliphatic carbocycles. The van der Waals surface area contributed by atoms with Crippen LogP contribution in [-0.2, 0) is 25.4 Å². The Bertz CT molecular complexity index is 641. The first kappa shape index (κ1) is 19.4. The van der Waals surface area contributed by atoms with Gasteiger partial charge in [-0.25, -0.2) is 0 Å². The van der Waals surface area contributed by atoms with Crippen LogP contribution in [0, 0.1) is 0 Å². The lowest BCUT2D eigenvalue weighted by atomic mass is 9.89. The molecule has 0 radical (unpaired) electrons. The van der Waals surface area contributed by atoms with Gasteiger partial charge >= 0.3 is 0 Å². The van der Waals surface area contributed by atoms with Crippen LogP contribution < -0.4 is 9.47 Å². The van der Waals surface area contributed by atoms with E-state index in [1.54, 1.807) is 14.2 Å². The van der Waals surface area contributed by atoms with Crippen molar-refractivity contribution in [1.29, 1.82) is 0 Å². The van der Waals surface area contributed by atoms with Gasteiger partial charge in [-0.1, -0.05) is 0 Å². The van der Waals surface area contributed by atoms with Gasteiger partial charge in [0.1, 0.15) is 17.1 Å². The summed E-state index contributed by atoms with van der Waals surface area (Å²) in [5, 5.41) is 0. The summed E-state index contributed by atoms with van der Waals surface area (Å²) in [7, 11) is 3.33. The summed E-state index contributed by atoms with van der Waals surface area (Å²) in [6.45, 7) is 8.77. The maximum Gasteiger partial charge on any atom is 0.163 e. The highest BCUT2D eigenvalue weighted by atomic mass is 16.8. The van der Waals surface area contributed by atoms with E-state index < -0.39 is 17.2 Å². The normalized spacial score (nSPS) is 29.7. The first-order chi connectivity index (χ1) is 12.2. The molecule has 0 N–H and O–H groups in total. The smallest absolute Gasteiger partial charge is 0.163 e. The van der Waals surface area contributed by atoms with Crippen LogP contribution in [0.1, 0.15) is 39.7 Å². The van der Waals surface area contributed by atoms with E-state index in [-0.39, 0.29) is 6.10 Å². The van der Waals surface area contributed by atoms with Crippen molar-refractivity contribution in [2.75, 3.05) is 27.4 Å². The van der Waals surface area contributed by atoms with Gasteiger partial charge in [0.05, 0.1) is 33.5 Å². The van der Waals surface area contributed by atoms with Gasteiger partial charge in [0, 0.05) is 18.4 Å². The van der Waals surface area contributed by atoms with Gasteiger partial charge in [-0.2, -0.15) is 0 Å². The van der Waals surface area contributed by atoms with Crippen molar-refractivity contribution in [2.45, 2.75) is 63.8 Å². The van der Waals surface area contributed by atoms with Crippen molar-refractivity contribution in [3.8, 4) is 11.5 Å². The Hall–Kier alpha value is -1.34. The van der Waals surface area contributed by atoms with E-state index in [0.717, 1.165) is 17.1 Å². The molecule has 2 fully saturated rings. The third-order valence-corrected chi connectivity index (χ3v) is 4.81. The molecule has 146 valence electrons. The number of hydrogen-bond donors (Lipinski definition) is 0. The molecule has 0 spiro atoms. The zero-order valence-electron chi connectivity index (χ0n) is 16.6. The van der Waals surface area contributed by atoms with Crippen molar-refractivity contribution >= 4 is 0 Å². The minimum atomic E-state index is -0.638. The molecular formula is C20H30O6. The summed E-state index contributed by atoms with van der Waals surface area (Å²) < 4.78 is 35.0. The van der Waals surface area contributed by atoms with Crippen LogP contribution >= 0.6 is 0 Å². The lowest BCUT2D eigenvalue weighted by molar-refractivity contribution is -0.174. The van der Waals surface area contributed by atoms with Gasteiger partial charge in [-0.3, -0.25) is 0 Å². The molecule has 6 nitrogen and oxygen atoms in total. The third kappa shape index (κ3) is 4.31. The third-order valence-electron chi connectivity index (χ3n) is 4.81. The van der Waals surface area contributed by atoms with Gasteiger partial charge in [0.15, 0.2) is 11.6 Å². The summed E-state index contributed by atoms with van der Waals surface area (Å²) in [6.07, 6.45) is 1.27. The molecular weight excluding hydrogens is 336 g/mol. The molecule has 0 amide bonds. The van der Waals surface area contributed by atoms with E-state index in [1.807, 2.05) is 45.9 Å². The van der Waals surface area contributed by atoms with E-state index in [0.29, 0.717) is 26.1 Å². The predicted molar refractivity (Wildman–Crippen MR) is 96.6 cm³/mol. The van der Waals surface area contributed by atoms with Gasteiger partial charge in [0.25, 0.3) is 0 Å². The van der Waals surface area contributed by atoms with Crippen LogP contribution in [0.5, 0.6) is 11.5 Å². The van der Waals surface area contributed by atoms with Gasteiger partial charge in [0.2, 0.25) is 0 Å². The van der Waals surface area contributed by atoms with Crippen molar-refractivity contribution in [3.63, 3.8) is 0 Å². The molecule has 26 heavy (non-hydrogen) atoms. The highest BCUT2D eigenvalue weighted by Crippen LogP contribution is 2.41. The Kier molecular flexibility index (Phi) is 5.23. The number of ether oxygens (including phenoxy) is 6. The average Bonchev–Trinajstić information content (AvgIpc) is 3.05. The number of hydrogen-bond acceptors (Lipinski definition) is 6. The monoisotopic (exact) mass is 366 g/mol. The van der Waals surface area contributed by atoms with Crippen LogP contribution in [0.4, 0.5) is 0 Å². The Morgan fingerprint density at radius 3 is 2.35 bits per heavy atom.